The summed E-state index contributed by atoms with van der Waals surface area (Å²) in [5.74, 6) is -0.180. The Morgan fingerprint density at radius 2 is 2.19 bits per heavy atom. The Hall–Kier alpha value is -1.30. The molecule has 0 aliphatic carbocycles. The molecular weight excluding hydrogens is 313 g/mol. The Labute approximate surface area is 133 Å². The fourth-order valence-electron chi connectivity index (χ4n) is 2.20. The Kier molecular flexibility index (Phi) is 5.45. The maximum Gasteiger partial charge on any atom is 0.239 e. The molecule has 0 saturated carbocycles. The van der Waals surface area contributed by atoms with E-state index in [0.717, 1.165) is 5.56 Å². The number of carbonyl (C=O) groups is 2. The van der Waals surface area contributed by atoms with Gasteiger partial charge in [0.2, 0.25) is 11.8 Å². The van der Waals surface area contributed by atoms with Crippen molar-refractivity contribution in [3.05, 3.63) is 33.8 Å². The van der Waals surface area contributed by atoms with Crippen molar-refractivity contribution in [1.82, 2.24) is 15.1 Å². The molecule has 114 valence electrons. The molecule has 1 saturated heterocycles. The molecule has 0 unspecified atom stereocenters. The van der Waals surface area contributed by atoms with Gasteiger partial charge in [0.15, 0.2) is 0 Å². The van der Waals surface area contributed by atoms with Gasteiger partial charge in [-0.15, -0.1) is 0 Å². The maximum atomic E-state index is 12.1. The average molecular weight is 330 g/mol. The molecule has 1 aromatic rings. The molecule has 21 heavy (non-hydrogen) atoms. The van der Waals surface area contributed by atoms with Gasteiger partial charge in [-0.2, -0.15) is 0 Å². The first-order chi connectivity index (χ1) is 9.97. The van der Waals surface area contributed by atoms with Crippen molar-refractivity contribution in [3.8, 4) is 0 Å². The van der Waals surface area contributed by atoms with E-state index in [1.54, 1.807) is 11.0 Å². The van der Waals surface area contributed by atoms with Crippen molar-refractivity contribution in [2.45, 2.75) is 6.54 Å². The first-order valence-electron chi connectivity index (χ1n) is 6.63. The largest absolute Gasteiger partial charge is 0.353 e. The summed E-state index contributed by atoms with van der Waals surface area (Å²) in [7, 11) is 1.83. The molecular formula is C14H17Cl2N3O2. The molecule has 1 aliphatic heterocycles. The molecule has 0 atom stereocenters. The van der Waals surface area contributed by atoms with E-state index in [1.807, 2.05) is 24.1 Å². The van der Waals surface area contributed by atoms with Crippen LogP contribution in [0.4, 0.5) is 0 Å². The minimum Gasteiger partial charge on any atom is -0.353 e. The minimum atomic E-state index is -0.116. The fraction of sp³-hybridized carbons (Fsp3) is 0.429. The third-order valence-electron chi connectivity index (χ3n) is 3.27. The van der Waals surface area contributed by atoms with Crippen molar-refractivity contribution in [1.29, 1.82) is 0 Å². The van der Waals surface area contributed by atoms with E-state index in [2.05, 4.69) is 5.32 Å². The van der Waals surface area contributed by atoms with Crippen molar-refractivity contribution in [3.63, 3.8) is 0 Å². The van der Waals surface area contributed by atoms with Crippen LogP contribution in [-0.2, 0) is 16.1 Å². The lowest BCUT2D eigenvalue weighted by Crippen LogP contribution is -2.52. The SMILES string of the molecule is CN(CC(=O)N1CCNC(=O)C1)Cc1cccc(Cl)c1Cl. The summed E-state index contributed by atoms with van der Waals surface area (Å²) in [6.45, 7) is 1.94. The third kappa shape index (κ3) is 4.33. The fourth-order valence-corrected chi connectivity index (χ4v) is 2.58. The quantitative estimate of drug-likeness (QED) is 0.908. The number of nitrogens with zero attached hydrogens (tertiary/aromatic N) is 2. The predicted molar refractivity (Wildman–Crippen MR) is 82.4 cm³/mol. The number of rotatable bonds is 4. The highest BCUT2D eigenvalue weighted by Crippen LogP contribution is 2.26. The average Bonchev–Trinajstić information content (AvgIpc) is 2.44. The van der Waals surface area contributed by atoms with Gasteiger partial charge in [-0.1, -0.05) is 35.3 Å². The van der Waals surface area contributed by atoms with E-state index >= 15 is 0 Å². The number of benzene rings is 1. The number of piperazine rings is 1. The van der Waals surface area contributed by atoms with Gasteiger partial charge in [-0.3, -0.25) is 14.5 Å². The van der Waals surface area contributed by atoms with Gasteiger partial charge in [0.05, 0.1) is 23.1 Å². The molecule has 1 aliphatic rings. The number of hydrogen-bond acceptors (Lipinski definition) is 3. The third-order valence-corrected chi connectivity index (χ3v) is 4.13. The number of amides is 2. The van der Waals surface area contributed by atoms with Gasteiger partial charge in [-0.25, -0.2) is 0 Å². The molecule has 2 amide bonds. The van der Waals surface area contributed by atoms with Crippen molar-refractivity contribution < 1.29 is 9.59 Å². The number of hydrogen-bond donors (Lipinski definition) is 1. The Morgan fingerprint density at radius 3 is 2.90 bits per heavy atom. The Bertz CT molecular complexity index is 551. The molecule has 5 nitrogen and oxygen atoms in total. The van der Waals surface area contributed by atoms with Crippen molar-refractivity contribution in [2.24, 2.45) is 0 Å². The lowest BCUT2D eigenvalue weighted by Gasteiger charge is -2.28. The molecule has 0 spiro atoms. The topological polar surface area (TPSA) is 52.7 Å². The van der Waals surface area contributed by atoms with E-state index in [9.17, 15) is 9.59 Å². The van der Waals surface area contributed by atoms with Crippen LogP contribution in [0.3, 0.4) is 0 Å². The zero-order chi connectivity index (χ0) is 15.4. The summed E-state index contributed by atoms with van der Waals surface area (Å²) in [4.78, 5) is 26.8. The predicted octanol–water partition coefficient (Wildman–Crippen LogP) is 1.38. The number of carbonyl (C=O) groups excluding carboxylic acids is 2. The summed E-state index contributed by atoms with van der Waals surface area (Å²) in [6, 6.07) is 5.43. The molecule has 0 radical (unpaired) electrons. The van der Waals surface area contributed by atoms with Crippen LogP contribution in [0.25, 0.3) is 0 Å². The molecule has 2 rings (SSSR count). The minimum absolute atomic E-state index is 0.0644. The van der Waals surface area contributed by atoms with Crippen LogP contribution < -0.4 is 5.32 Å². The second kappa shape index (κ2) is 7.11. The van der Waals surface area contributed by atoms with E-state index in [-0.39, 0.29) is 24.9 Å². The van der Waals surface area contributed by atoms with Crippen molar-refractivity contribution in [2.75, 3.05) is 33.2 Å². The molecule has 7 heteroatoms. The van der Waals surface area contributed by atoms with E-state index in [1.165, 1.54) is 0 Å². The summed E-state index contributed by atoms with van der Waals surface area (Å²) < 4.78 is 0. The van der Waals surface area contributed by atoms with Crippen LogP contribution >= 0.6 is 23.2 Å². The monoisotopic (exact) mass is 329 g/mol. The van der Waals surface area contributed by atoms with Crippen LogP contribution in [0.15, 0.2) is 18.2 Å². The van der Waals surface area contributed by atoms with Crippen LogP contribution in [0.2, 0.25) is 10.0 Å². The summed E-state index contributed by atoms with van der Waals surface area (Å²) in [6.07, 6.45) is 0. The standard InChI is InChI=1S/C14H17Cl2N3O2/c1-18(7-10-3-2-4-11(15)14(10)16)9-13(21)19-6-5-17-12(20)8-19/h2-4H,5-9H2,1H3,(H,17,20). The highest BCUT2D eigenvalue weighted by atomic mass is 35.5. The number of halogens is 2. The number of nitrogens with one attached hydrogen (secondary N) is 1. The van der Waals surface area contributed by atoms with E-state index in [0.29, 0.717) is 29.7 Å². The van der Waals surface area contributed by atoms with E-state index < -0.39 is 0 Å². The van der Waals surface area contributed by atoms with Crippen LogP contribution in [0, 0.1) is 0 Å². The molecule has 1 heterocycles. The highest BCUT2D eigenvalue weighted by Gasteiger charge is 2.22. The lowest BCUT2D eigenvalue weighted by molar-refractivity contribution is -0.138. The summed E-state index contributed by atoms with van der Waals surface area (Å²) >= 11 is 12.1. The molecule has 1 N–H and O–H groups in total. The van der Waals surface area contributed by atoms with Crippen molar-refractivity contribution >= 4 is 35.0 Å². The van der Waals surface area contributed by atoms with E-state index in [4.69, 9.17) is 23.2 Å². The van der Waals surface area contributed by atoms with Gasteiger partial charge in [0.25, 0.3) is 0 Å². The maximum absolute atomic E-state index is 12.1. The second-order valence-corrected chi connectivity index (χ2v) is 5.84. The van der Waals surface area contributed by atoms with Gasteiger partial charge in [0, 0.05) is 19.6 Å². The van der Waals surface area contributed by atoms with Crippen LogP contribution in [0.5, 0.6) is 0 Å². The highest BCUT2D eigenvalue weighted by molar-refractivity contribution is 6.42. The Balaban J connectivity index is 1.92. The summed E-state index contributed by atoms with van der Waals surface area (Å²) in [5, 5.41) is 3.71. The van der Waals surface area contributed by atoms with Crippen LogP contribution in [0.1, 0.15) is 5.56 Å². The van der Waals surface area contributed by atoms with Crippen LogP contribution in [-0.4, -0.2) is 54.8 Å². The lowest BCUT2D eigenvalue weighted by atomic mass is 10.2. The zero-order valence-corrected chi connectivity index (χ0v) is 13.2. The first-order valence-corrected chi connectivity index (χ1v) is 7.39. The van der Waals surface area contributed by atoms with Gasteiger partial charge in [0.1, 0.15) is 0 Å². The molecule has 1 aromatic carbocycles. The van der Waals surface area contributed by atoms with Gasteiger partial charge in [-0.05, 0) is 18.7 Å². The first kappa shape index (κ1) is 16.1. The zero-order valence-electron chi connectivity index (χ0n) is 11.7. The summed E-state index contributed by atoms with van der Waals surface area (Å²) in [5.41, 5.74) is 0.871. The smallest absolute Gasteiger partial charge is 0.239 e. The molecule has 0 bridgehead atoms. The van der Waals surface area contributed by atoms with Gasteiger partial charge < -0.3 is 10.2 Å². The second-order valence-electron chi connectivity index (χ2n) is 5.05. The normalized spacial score (nSPS) is 15.2. The number of likely N-dealkylation sites (N-methyl/N-ethyl adjacent to an activating group) is 1. The molecule has 1 fully saturated rings. The van der Waals surface area contributed by atoms with Gasteiger partial charge >= 0.3 is 0 Å². The molecule has 0 aromatic heterocycles. The Morgan fingerprint density at radius 1 is 1.43 bits per heavy atom.